The quantitative estimate of drug-likeness (QED) is 0.746. The van der Waals surface area contributed by atoms with E-state index in [-0.39, 0.29) is 23.9 Å². The standard InChI is InChI=1S/C21H27N5O2/c1-14(22-15(2)19-24-23-18-11-5-6-12-25(18)19)8-7-13-26-20(27)16-9-3-4-10-17(16)21(26)28/h3-4,9-10,14-15,22H,5-8,11-13H2,1-2H3. The van der Waals surface area contributed by atoms with Gasteiger partial charge in [0, 0.05) is 25.6 Å². The number of carbonyl (C=O) groups excluding carboxylic acids is 2. The van der Waals surface area contributed by atoms with Gasteiger partial charge >= 0.3 is 0 Å². The zero-order chi connectivity index (χ0) is 19.7. The van der Waals surface area contributed by atoms with Crippen LogP contribution in [0.4, 0.5) is 0 Å². The molecule has 148 valence electrons. The number of nitrogens with one attached hydrogen (secondary N) is 1. The van der Waals surface area contributed by atoms with Gasteiger partial charge in [-0.15, -0.1) is 10.2 Å². The van der Waals surface area contributed by atoms with Crippen molar-refractivity contribution >= 4 is 11.8 Å². The van der Waals surface area contributed by atoms with E-state index >= 15 is 0 Å². The third-order valence-corrected chi connectivity index (χ3v) is 5.71. The highest BCUT2D eigenvalue weighted by atomic mass is 16.2. The first-order valence-electron chi connectivity index (χ1n) is 10.2. The summed E-state index contributed by atoms with van der Waals surface area (Å²) in [5.74, 6) is 1.74. The molecular formula is C21H27N5O2. The SMILES string of the molecule is CC(CCCN1C(=O)c2ccccc2C1=O)NC(C)c1nnc2n1CCCC2. The van der Waals surface area contributed by atoms with Crippen molar-refractivity contribution in [2.45, 2.75) is 64.6 Å². The van der Waals surface area contributed by atoms with Crippen molar-refractivity contribution in [1.82, 2.24) is 25.0 Å². The van der Waals surface area contributed by atoms with Gasteiger partial charge in [-0.2, -0.15) is 0 Å². The zero-order valence-corrected chi connectivity index (χ0v) is 16.5. The Labute approximate surface area is 165 Å². The van der Waals surface area contributed by atoms with Crippen LogP contribution in [0.25, 0.3) is 0 Å². The van der Waals surface area contributed by atoms with Gasteiger partial charge in [-0.05, 0) is 51.7 Å². The van der Waals surface area contributed by atoms with Crippen LogP contribution >= 0.6 is 0 Å². The summed E-state index contributed by atoms with van der Waals surface area (Å²) >= 11 is 0. The van der Waals surface area contributed by atoms with Crippen molar-refractivity contribution in [3.05, 3.63) is 47.0 Å². The second kappa shape index (κ2) is 7.83. The minimum atomic E-state index is -0.176. The first-order chi connectivity index (χ1) is 13.6. The molecule has 0 aliphatic carbocycles. The second-order valence-electron chi connectivity index (χ2n) is 7.82. The number of hydrogen-bond donors (Lipinski definition) is 1. The minimum absolute atomic E-state index is 0.119. The Morgan fingerprint density at radius 1 is 1.07 bits per heavy atom. The van der Waals surface area contributed by atoms with E-state index in [0.29, 0.717) is 17.7 Å². The molecule has 1 aromatic heterocycles. The smallest absolute Gasteiger partial charge is 0.261 e. The van der Waals surface area contributed by atoms with Crippen LogP contribution in [0, 0.1) is 0 Å². The zero-order valence-electron chi connectivity index (χ0n) is 16.5. The van der Waals surface area contributed by atoms with Crippen molar-refractivity contribution in [1.29, 1.82) is 0 Å². The summed E-state index contributed by atoms with van der Waals surface area (Å²) in [4.78, 5) is 26.2. The molecule has 2 unspecified atom stereocenters. The minimum Gasteiger partial charge on any atom is -0.314 e. The Morgan fingerprint density at radius 2 is 1.79 bits per heavy atom. The van der Waals surface area contributed by atoms with E-state index in [1.807, 2.05) is 0 Å². The first kappa shape index (κ1) is 18.8. The average Bonchev–Trinajstić information content (AvgIpc) is 3.23. The maximum atomic E-state index is 12.4. The fourth-order valence-electron chi connectivity index (χ4n) is 4.23. The van der Waals surface area contributed by atoms with Crippen molar-refractivity contribution in [3.63, 3.8) is 0 Å². The molecule has 2 amide bonds. The van der Waals surface area contributed by atoms with Crippen molar-refractivity contribution in [2.75, 3.05) is 6.54 Å². The maximum Gasteiger partial charge on any atom is 0.261 e. The van der Waals surface area contributed by atoms with Crippen LogP contribution in [0.5, 0.6) is 0 Å². The van der Waals surface area contributed by atoms with Crippen LogP contribution < -0.4 is 5.32 Å². The molecule has 7 heteroatoms. The number of carbonyl (C=O) groups is 2. The van der Waals surface area contributed by atoms with Crippen LogP contribution in [-0.2, 0) is 13.0 Å². The molecule has 28 heavy (non-hydrogen) atoms. The van der Waals surface area contributed by atoms with Gasteiger partial charge in [0.2, 0.25) is 0 Å². The molecule has 0 fully saturated rings. The number of nitrogens with zero attached hydrogens (tertiary/aromatic N) is 4. The summed E-state index contributed by atoms with van der Waals surface area (Å²) in [7, 11) is 0. The third-order valence-electron chi connectivity index (χ3n) is 5.71. The predicted octanol–water partition coefficient (Wildman–Crippen LogP) is 2.73. The lowest BCUT2D eigenvalue weighted by molar-refractivity contribution is 0.0650. The molecule has 0 bridgehead atoms. The number of amides is 2. The van der Waals surface area contributed by atoms with Crippen LogP contribution in [0.15, 0.2) is 24.3 Å². The number of fused-ring (bicyclic) bond motifs is 2. The van der Waals surface area contributed by atoms with E-state index in [9.17, 15) is 9.59 Å². The van der Waals surface area contributed by atoms with Crippen LogP contribution in [0.1, 0.15) is 77.9 Å². The topological polar surface area (TPSA) is 80.1 Å². The Kier molecular flexibility index (Phi) is 5.26. The van der Waals surface area contributed by atoms with E-state index < -0.39 is 0 Å². The summed E-state index contributed by atoms with van der Waals surface area (Å²) in [6.45, 7) is 5.70. The Bertz CT molecular complexity index is 856. The van der Waals surface area contributed by atoms with Gasteiger partial charge in [0.05, 0.1) is 17.2 Å². The van der Waals surface area contributed by atoms with Crippen molar-refractivity contribution < 1.29 is 9.59 Å². The predicted molar refractivity (Wildman–Crippen MR) is 105 cm³/mol. The van der Waals surface area contributed by atoms with Gasteiger partial charge in [0.1, 0.15) is 11.6 Å². The van der Waals surface area contributed by atoms with E-state index in [4.69, 9.17) is 0 Å². The maximum absolute atomic E-state index is 12.4. The number of aryl methyl sites for hydroxylation is 1. The summed E-state index contributed by atoms with van der Waals surface area (Å²) in [5, 5.41) is 12.3. The molecule has 0 spiro atoms. The van der Waals surface area contributed by atoms with Crippen molar-refractivity contribution in [3.8, 4) is 0 Å². The third kappa shape index (κ3) is 3.46. The van der Waals surface area contributed by atoms with Gasteiger partial charge < -0.3 is 9.88 Å². The lowest BCUT2D eigenvalue weighted by Gasteiger charge is -2.22. The number of hydrogen-bond acceptors (Lipinski definition) is 5. The highest BCUT2D eigenvalue weighted by molar-refractivity contribution is 6.21. The molecule has 0 saturated carbocycles. The molecule has 4 rings (SSSR count). The number of aromatic nitrogens is 3. The second-order valence-corrected chi connectivity index (χ2v) is 7.82. The largest absolute Gasteiger partial charge is 0.314 e. The van der Waals surface area contributed by atoms with Crippen LogP contribution in [-0.4, -0.2) is 44.1 Å². The molecule has 7 nitrogen and oxygen atoms in total. The molecule has 2 aromatic rings. The number of imide groups is 1. The fourth-order valence-corrected chi connectivity index (χ4v) is 4.23. The lowest BCUT2D eigenvalue weighted by Crippen LogP contribution is -2.34. The lowest BCUT2D eigenvalue weighted by atomic mass is 10.1. The number of rotatable bonds is 7. The number of benzene rings is 1. The van der Waals surface area contributed by atoms with E-state index in [1.165, 1.54) is 17.7 Å². The normalized spacial score (nSPS) is 18.1. The first-order valence-corrected chi connectivity index (χ1v) is 10.2. The molecule has 1 N–H and O–H groups in total. The van der Waals surface area contributed by atoms with Crippen LogP contribution in [0.2, 0.25) is 0 Å². The van der Waals surface area contributed by atoms with Gasteiger partial charge in [-0.1, -0.05) is 12.1 Å². The highest BCUT2D eigenvalue weighted by Gasteiger charge is 2.34. The monoisotopic (exact) mass is 381 g/mol. The Balaban J connectivity index is 1.28. The Hall–Kier alpha value is -2.54. The summed E-state index contributed by atoms with van der Waals surface area (Å²) in [6, 6.07) is 7.41. The molecule has 0 saturated heterocycles. The molecule has 2 aliphatic rings. The molecule has 0 radical (unpaired) electrons. The van der Waals surface area contributed by atoms with Gasteiger partial charge in [-0.25, -0.2) is 0 Å². The van der Waals surface area contributed by atoms with Crippen LogP contribution in [0.3, 0.4) is 0 Å². The van der Waals surface area contributed by atoms with Gasteiger partial charge in [0.25, 0.3) is 11.8 Å². The van der Waals surface area contributed by atoms with E-state index in [1.54, 1.807) is 24.3 Å². The molecule has 1 aromatic carbocycles. The molecule has 2 aliphatic heterocycles. The fraction of sp³-hybridized carbons (Fsp3) is 0.524. The molecular weight excluding hydrogens is 354 g/mol. The van der Waals surface area contributed by atoms with E-state index in [0.717, 1.165) is 37.5 Å². The summed E-state index contributed by atoms with van der Waals surface area (Å²) < 4.78 is 2.24. The molecule has 2 atom stereocenters. The highest BCUT2D eigenvalue weighted by Crippen LogP contribution is 2.23. The van der Waals surface area contributed by atoms with Crippen molar-refractivity contribution in [2.24, 2.45) is 0 Å². The summed E-state index contributed by atoms with van der Waals surface area (Å²) in [6.07, 6.45) is 5.02. The molecule has 3 heterocycles. The van der Waals surface area contributed by atoms with Gasteiger partial charge in [0.15, 0.2) is 0 Å². The van der Waals surface area contributed by atoms with E-state index in [2.05, 4.69) is 33.9 Å². The van der Waals surface area contributed by atoms with Gasteiger partial charge in [-0.3, -0.25) is 14.5 Å². The Morgan fingerprint density at radius 3 is 2.50 bits per heavy atom. The summed E-state index contributed by atoms with van der Waals surface area (Å²) in [5.41, 5.74) is 1.03. The average molecular weight is 381 g/mol.